The van der Waals surface area contributed by atoms with Crippen molar-refractivity contribution in [1.29, 1.82) is 0 Å². The molecular formula is C22H29FO4. The summed E-state index contributed by atoms with van der Waals surface area (Å²) in [6.07, 6.45) is 4.70. The van der Waals surface area contributed by atoms with Crippen LogP contribution < -0.4 is 0 Å². The maximum absolute atomic E-state index is 13.4. The van der Waals surface area contributed by atoms with Crippen LogP contribution >= 0.6 is 0 Å². The number of alkyl halides is 1. The average Bonchev–Trinajstić information content (AvgIpc) is 2.87. The maximum atomic E-state index is 13.4. The molecule has 4 aliphatic rings. The van der Waals surface area contributed by atoms with Crippen LogP contribution in [0.2, 0.25) is 0 Å². The molecule has 27 heavy (non-hydrogen) atoms. The van der Waals surface area contributed by atoms with Gasteiger partial charge in [-0.3, -0.25) is 14.4 Å². The molecule has 4 aliphatic carbocycles. The summed E-state index contributed by atoms with van der Waals surface area (Å²) in [7, 11) is 0. The number of ketones is 3. The molecule has 0 aromatic heterocycles. The van der Waals surface area contributed by atoms with E-state index in [1.807, 2.05) is 6.92 Å². The highest BCUT2D eigenvalue weighted by molar-refractivity contribution is 5.94. The molecule has 4 nitrogen and oxygen atoms in total. The van der Waals surface area contributed by atoms with Crippen LogP contribution in [-0.2, 0) is 14.4 Å². The van der Waals surface area contributed by atoms with Crippen molar-refractivity contribution in [2.75, 3.05) is 6.67 Å². The van der Waals surface area contributed by atoms with E-state index in [9.17, 15) is 23.9 Å². The van der Waals surface area contributed by atoms with E-state index in [1.54, 1.807) is 6.08 Å². The number of fused-ring (bicyclic) bond motifs is 5. The molecule has 0 saturated heterocycles. The fourth-order valence-electron chi connectivity index (χ4n) is 7.39. The third-order valence-corrected chi connectivity index (χ3v) is 8.71. The Labute approximate surface area is 159 Å². The van der Waals surface area contributed by atoms with Crippen molar-refractivity contribution in [3.63, 3.8) is 0 Å². The molecular weight excluding hydrogens is 347 g/mol. The number of carbonyl (C=O) groups excluding carboxylic acids is 3. The molecule has 0 unspecified atom stereocenters. The lowest BCUT2D eigenvalue weighted by atomic mass is 9.44. The second kappa shape index (κ2) is 5.82. The number of hydrogen-bond acceptors (Lipinski definition) is 4. The number of rotatable bonds is 2. The standard InChI is InChI=1S/C22H29FO4/c1-12-8-14-15-5-7-22(27,18(26)11-23)21(15,3)10-17(25)19(14)20(2)6-4-13(24)9-16(12)20/h9,12,14-15,19,27H,4-8,10-11H2,1-3H3/t12-,14-,15-,19+,20-,21-,22-/m0/s1. The van der Waals surface area contributed by atoms with Crippen molar-refractivity contribution in [1.82, 2.24) is 0 Å². The first kappa shape index (κ1) is 19.0. The lowest BCUT2D eigenvalue weighted by molar-refractivity contribution is -0.170. The van der Waals surface area contributed by atoms with Gasteiger partial charge in [-0.1, -0.05) is 26.3 Å². The smallest absolute Gasteiger partial charge is 0.195 e. The van der Waals surface area contributed by atoms with Crippen molar-refractivity contribution >= 4 is 17.3 Å². The van der Waals surface area contributed by atoms with Crippen LogP contribution in [0.5, 0.6) is 0 Å². The zero-order valence-electron chi connectivity index (χ0n) is 16.4. The normalized spacial score (nSPS) is 49.1. The Balaban J connectivity index is 1.78. The van der Waals surface area contributed by atoms with Gasteiger partial charge in [0.15, 0.2) is 18.2 Å². The molecule has 0 aromatic rings. The van der Waals surface area contributed by atoms with Gasteiger partial charge >= 0.3 is 0 Å². The topological polar surface area (TPSA) is 71.4 Å². The predicted molar refractivity (Wildman–Crippen MR) is 97.6 cm³/mol. The van der Waals surface area contributed by atoms with Crippen molar-refractivity contribution in [3.8, 4) is 0 Å². The van der Waals surface area contributed by atoms with Crippen LogP contribution in [0.4, 0.5) is 4.39 Å². The van der Waals surface area contributed by atoms with Crippen LogP contribution in [0, 0.1) is 34.5 Å². The molecule has 0 amide bonds. The van der Waals surface area contributed by atoms with E-state index in [4.69, 9.17) is 0 Å². The van der Waals surface area contributed by atoms with Gasteiger partial charge < -0.3 is 5.11 Å². The molecule has 0 heterocycles. The van der Waals surface area contributed by atoms with E-state index >= 15 is 0 Å². The van der Waals surface area contributed by atoms with Crippen LogP contribution in [0.1, 0.15) is 59.3 Å². The van der Waals surface area contributed by atoms with E-state index in [2.05, 4.69) is 13.8 Å². The maximum Gasteiger partial charge on any atom is 0.195 e. The van der Waals surface area contributed by atoms with Crippen molar-refractivity contribution < 1.29 is 23.9 Å². The third kappa shape index (κ3) is 2.27. The van der Waals surface area contributed by atoms with E-state index in [1.165, 1.54) is 0 Å². The molecule has 0 aromatic carbocycles. The Kier molecular flexibility index (Phi) is 4.09. The highest BCUT2D eigenvalue weighted by atomic mass is 19.1. The van der Waals surface area contributed by atoms with Crippen LogP contribution in [0.25, 0.3) is 0 Å². The van der Waals surface area contributed by atoms with Gasteiger partial charge in [-0.05, 0) is 54.9 Å². The Hall–Kier alpha value is -1.36. The monoisotopic (exact) mass is 376 g/mol. The minimum absolute atomic E-state index is 0.0270. The summed E-state index contributed by atoms with van der Waals surface area (Å²) in [4.78, 5) is 37.7. The molecule has 0 bridgehead atoms. The highest BCUT2D eigenvalue weighted by Crippen LogP contribution is 2.67. The molecule has 0 radical (unpaired) electrons. The fraction of sp³-hybridized carbons (Fsp3) is 0.773. The van der Waals surface area contributed by atoms with E-state index in [-0.39, 0.29) is 53.5 Å². The lowest BCUT2D eigenvalue weighted by Crippen LogP contribution is -2.61. The minimum atomic E-state index is -1.74. The number of allylic oxidation sites excluding steroid dienone is 1. The van der Waals surface area contributed by atoms with Crippen LogP contribution in [-0.4, -0.2) is 34.7 Å². The zero-order valence-corrected chi connectivity index (χ0v) is 16.4. The number of hydrogen-bond donors (Lipinski definition) is 1. The Bertz CT molecular complexity index is 757. The number of Topliss-reactive ketones (excluding diaryl/α,β-unsaturated/α-hetero) is 2. The minimum Gasteiger partial charge on any atom is -0.381 e. The van der Waals surface area contributed by atoms with E-state index < -0.39 is 23.5 Å². The first-order valence-electron chi connectivity index (χ1n) is 10.2. The van der Waals surface area contributed by atoms with E-state index in [0.29, 0.717) is 19.3 Å². The molecule has 7 atom stereocenters. The Morgan fingerprint density at radius 1 is 1.30 bits per heavy atom. The summed E-state index contributed by atoms with van der Waals surface area (Å²) in [6.45, 7) is 4.86. The SMILES string of the molecule is C[C@H]1C[C@@H]2[C@H](C(=O)C[C@@]3(C)[C@H]2CC[C@]3(O)C(=O)CF)[C@@]2(C)CCC(=O)C=C12. The lowest BCUT2D eigenvalue weighted by Gasteiger charge is -2.59. The quantitative estimate of drug-likeness (QED) is 0.803. The summed E-state index contributed by atoms with van der Waals surface area (Å²) < 4.78 is 13.2. The second-order valence-electron chi connectivity index (χ2n) is 9.88. The predicted octanol–water partition coefficient (Wildman–Crippen LogP) is 3.21. The number of halogens is 1. The molecule has 4 rings (SSSR count). The van der Waals surface area contributed by atoms with Gasteiger partial charge in [0.1, 0.15) is 11.4 Å². The number of carbonyl (C=O) groups is 3. The summed E-state index contributed by atoms with van der Waals surface area (Å²) in [5, 5.41) is 11.1. The summed E-state index contributed by atoms with van der Waals surface area (Å²) in [6, 6.07) is 0. The van der Waals surface area contributed by atoms with E-state index in [0.717, 1.165) is 12.0 Å². The van der Waals surface area contributed by atoms with Gasteiger partial charge in [0, 0.05) is 24.2 Å². The molecule has 0 aliphatic heterocycles. The Morgan fingerprint density at radius 2 is 2.00 bits per heavy atom. The number of aliphatic hydroxyl groups is 1. The molecule has 3 saturated carbocycles. The first-order valence-corrected chi connectivity index (χ1v) is 10.2. The van der Waals surface area contributed by atoms with Gasteiger partial charge in [0.25, 0.3) is 0 Å². The van der Waals surface area contributed by atoms with Crippen molar-refractivity contribution in [2.24, 2.45) is 34.5 Å². The molecule has 0 spiro atoms. The third-order valence-electron chi connectivity index (χ3n) is 8.71. The van der Waals surface area contributed by atoms with Gasteiger partial charge in [-0.25, -0.2) is 4.39 Å². The first-order chi connectivity index (χ1) is 12.6. The largest absolute Gasteiger partial charge is 0.381 e. The van der Waals surface area contributed by atoms with Crippen molar-refractivity contribution in [2.45, 2.75) is 64.9 Å². The average molecular weight is 376 g/mol. The molecule has 3 fully saturated rings. The second-order valence-corrected chi connectivity index (χ2v) is 9.88. The molecule has 5 heteroatoms. The van der Waals surface area contributed by atoms with Crippen LogP contribution in [0.15, 0.2) is 11.6 Å². The summed E-state index contributed by atoms with van der Waals surface area (Å²) >= 11 is 0. The molecule has 1 N–H and O–H groups in total. The summed E-state index contributed by atoms with van der Waals surface area (Å²) in [5.41, 5.74) is -1.85. The van der Waals surface area contributed by atoms with Gasteiger partial charge in [0.2, 0.25) is 0 Å². The zero-order chi connectivity index (χ0) is 19.8. The van der Waals surface area contributed by atoms with Gasteiger partial charge in [-0.15, -0.1) is 0 Å². The van der Waals surface area contributed by atoms with Crippen LogP contribution in [0.3, 0.4) is 0 Å². The fourth-order valence-corrected chi connectivity index (χ4v) is 7.39. The van der Waals surface area contributed by atoms with Gasteiger partial charge in [-0.2, -0.15) is 0 Å². The Morgan fingerprint density at radius 3 is 2.67 bits per heavy atom. The highest BCUT2D eigenvalue weighted by Gasteiger charge is 2.68. The van der Waals surface area contributed by atoms with Crippen molar-refractivity contribution in [3.05, 3.63) is 11.6 Å². The summed E-state index contributed by atoms with van der Waals surface area (Å²) in [5.74, 6) is -0.444. The molecule has 148 valence electrons. The van der Waals surface area contributed by atoms with Gasteiger partial charge in [0.05, 0.1) is 0 Å².